The number of anilines is 1. The number of carbonyl (C=O) groups excluding carboxylic acids is 2. The number of benzene rings is 2. The van der Waals surface area contributed by atoms with Crippen LogP contribution < -0.4 is 9.62 Å². The first-order valence-corrected chi connectivity index (χ1v) is 14.5. The number of aryl methyl sites for hydroxylation is 2. The van der Waals surface area contributed by atoms with Gasteiger partial charge in [-0.05, 0) is 74.6 Å². The Balaban J connectivity index is 2.16. The Kier molecular flexibility index (Phi) is 11.2. The smallest absolute Gasteiger partial charge is 0.242 e. The highest BCUT2D eigenvalue weighted by Crippen LogP contribution is 2.22. The van der Waals surface area contributed by atoms with Crippen molar-refractivity contribution in [3.05, 3.63) is 64.2 Å². The molecular formula is C27H38ClN3O4S. The lowest BCUT2D eigenvalue weighted by Crippen LogP contribution is -2.47. The van der Waals surface area contributed by atoms with Gasteiger partial charge in [0.05, 0.1) is 11.9 Å². The van der Waals surface area contributed by atoms with Gasteiger partial charge in [0.2, 0.25) is 21.8 Å². The van der Waals surface area contributed by atoms with Gasteiger partial charge in [0.25, 0.3) is 0 Å². The quantitative estimate of drug-likeness (QED) is 0.372. The summed E-state index contributed by atoms with van der Waals surface area (Å²) in [4.78, 5) is 27.6. The van der Waals surface area contributed by atoms with E-state index in [4.69, 9.17) is 11.6 Å². The average Bonchev–Trinajstić information content (AvgIpc) is 2.79. The molecule has 0 bridgehead atoms. The summed E-state index contributed by atoms with van der Waals surface area (Å²) < 4.78 is 26.4. The molecule has 0 aromatic heterocycles. The Labute approximate surface area is 220 Å². The molecule has 0 aliphatic rings. The van der Waals surface area contributed by atoms with Gasteiger partial charge >= 0.3 is 0 Å². The number of unbranched alkanes of at least 4 members (excludes halogenated alkanes) is 1. The van der Waals surface area contributed by atoms with Crippen LogP contribution in [0.15, 0.2) is 42.5 Å². The fraction of sp³-hybridized carbons (Fsp3) is 0.481. The van der Waals surface area contributed by atoms with Crippen molar-refractivity contribution < 1.29 is 18.0 Å². The zero-order chi connectivity index (χ0) is 26.9. The number of nitrogens with zero attached hydrogens (tertiary/aromatic N) is 2. The van der Waals surface area contributed by atoms with Gasteiger partial charge in [-0.2, -0.15) is 0 Å². The van der Waals surface area contributed by atoms with Gasteiger partial charge in [0, 0.05) is 31.1 Å². The van der Waals surface area contributed by atoms with Crippen molar-refractivity contribution in [3.8, 4) is 0 Å². The molecule has 0 aliphatic carbocycles. The third-order valence-corrected chi connectivity index (χ3v) is 7.36. The first-order chi connectivity index (χ1) is 16.9. The van der Waals surface area contributed by atoms with Crippen LogP contribution in [-0.4, -0.2) is 50.5 Å². The second-order valence-electron chi connectivity index (χ2n) is 9.25. The molecule has 2 rings (SSSR count). The molecule has 0 heterocycles. The van der Waals surface area contributed by atoms with Crippen LogP contribution in [0, 0.1) is 13.8 Å². The maximum absolute atomic E-state index is 13.3. The molecule has 0 saturated heterocycles. The predicted octanol–water partition coefficient (Wildman–Crippen LogP) is 4.84. The van der Waals surface area contributed by atoms with Crippen LogP contribution in [-0.2, 0) is 26.2 Å². The molecule has 1 atom stereocenters. The zero-order valence-electron chi connectivity index (χ0n) is 21.9. The minimum Gasteiger partial charge on any atom is -0.354 e. The highest BCUT2D eigenvalue weighted by Gasteiger charge is 2.26. The van der Waals surface area contributed by atoms with Crippen molar-refractivity contribution in [1.82, 2.24) is 10.2 Å². The number of hydrogen-bond donors (Lipinski definition) is 1. The molecular weight excluding hydrogens is 498 g/mol. The summed E-state index contributed by atoms with van der Waals surface area (Å²) in [6, 6.07) is 12.1. The number of sulfonamides is 1. The van der Waals surface area contributed by atoms with Crippen LogP contribution in [0.2, 0.25) is 5.02 Å². The van der Waals surface area contributed by atoms with Gasteiger partial charge in [0.15, 0.2) is 0 Å². The van der Waals surface area contributed by atoms with Crippen LogP contribution in [0.4, 0.5) is 5.69 Å². The monoisotopic (exact) mass is 535 g/mol. The fourth-order valence-corrected chi connectivity index (χ4v) is 5.08. The lowest BCUT2D eigenvalue weighted by molar-refractivity contribution is -0.140. The van der Waals surface area contributed by atoms with Gasteiger partial charge in [-0.15, -0.1) is 0 Å². The van der Waals surface area contributed by atoms with E-state index in [1.54, 1.807) is 24.0 Å². The molecule has 1 N–H and O–H groups in total. The SMILES string of the molecule is CCCCNC(=O)C(C)N(Cc1ccc(Cl)cc1)C(=O)CCCN(c1cc(C)cc(C)c1)S(C)(=O)=O. The van der Waals surface area contributed by atoms with E-state index < -0.39 is 16.1 Å². The minimum absolute atomic E-state index is 0.108. The zero-order valence-corrected chi connectivity index (χ0v) is 23.5. The molecule has 0 saturated carbocycles. The summed E-state index contributed by atoms with van der Waals surface area (Å²) in [6.07, 6.45) is 3.42. The maximum Gasteiger partial charge on any atom is 0.242 e. The molecule has 0 aliphatic heterocycles. The molecule has 2 aromatic carbocycles. The minimum atomic E-state index is -3.53. The molecule has 9 heteroatoms. The summed E-state index contributed by atoms with van der Waals surface area (Å²) in [7, 11) is -3.53. The highest BCUT2D eigenvalue weighted by atomic mass is 35.5. The van der Waals surface area contributed by atoms with Crippen LogP contribution in [0.5, 0.6) is 0 Å². The summed E-state index contributed by atoms with van der Waals surface area (Å²) in [5.74, 6) is -0.421. The molecule has 7 nitrogen and oxygen atoms in total. The van der Waals surface area contributed by atoms with Crippen molar-refractivity contribution in [1.29, 1.82) is 0 Å². The van der Waals surface area contributed by atoms with Crippen LogP contribution in [0.25, 0.3) is 0 Å². The van der Waals surface area contributed by atoms with Crippen LogP contribution in [0.1, 0.15) is 56.2 Å². The normalized spacial score (nSPS) is 12.2. The lowest BCUT2D eigenvalue weighted by Gasteiger charge is -2.29. The van der Waals surface area contributed by atoms with Crippen LogP contribution >= 0.6 is 11.6 Å². The molecule has 2 aromatic rings. The Hall–Kier alpha value is -2.58. The highest BCUT2D eigenvalue weighted by molar-refractivity contribution is 7.92. The van der Waals surface area contributed by atoms with Gasteiger partial charge < -0.3 is 10.2 Å². The largest absolute Gasteiger partial charge is 0.354 e. The lowest BCUT2D eigenvalue weighted by atomic mass is 10.1. The number of amides is 2. The van der Waals surface area contributed by atoms with Gasteiger partial charge in [-0.1, -0.05) is 43.1 Å². The Morgan fingerprint density at radius 3 is 2.19 bits per heavy atom. The van der Waals surface area contributed by atoms with E-state index in [0.717, 1.165) is 29.5 Å². The number of rotatable bonds is 13. The van der Waals surface area contributed by atoms with Crippen molar-refractivity contribution >= 4 is 39.1 Å². The first kappa shape index (κ1) is 29.6. The second-order valence-corrected chi connectivity index (χ2v) is 11.6. The number of halogens is 1. The molecule has 0 spiro atoms. The third-order valence-electron chi connectivity index (χ3n) is 5.91. The van der Waals surface area contributed by atoms with E-state index in [2.05, 4.69) is 5.32 Å². The standard InChI is InChI=1S/C27H38ClN3O4S/c1-6-7-14-29-27(33)22(4)30(19-23-10-12-24(28)13-11-23)26(32)9-8-15-31(36(5,34)35)25-17-20(2)16-21(3)18-25/h10-13,16-18,22H,6-9,14-15,19H2,1-5H3,(H,29,33). The number of hydrogen-bond acceptors (Lipinski definition) is 4. The summed E-state index contributed by atoms with van der Waals surface area (Å²) in [6.45, 7) is 8.58. The second kappa shape index (κ2) is 13.7. The Bertz CT molecular complexity index is 1120. The maximum atomic E-state index is 13.3. The van der Waals surface area contributed by atoms with Crippen molar-refractivity contribution in [3.63, 3.8) is 0 Å². The van der Waals surface area contributed by atoms with Gasteiger partial charge in [-0.3, -0.25) is 13.9 Å². The molecule has 2 amide bonds. The number of carbonyl (C=O) groups is 2. The van der Waals surface area contributed by atoms with Gasteiger partial charge in [0.1, 0.15) is 6.04 Å². The van der Waals surface area contributed by atoms with Crippen molar-refractivity contribution in [2.45, 2.75) is 66.0 Å². The van der Waals surface area contributed by atoms with Crippen molar-refractivity contribution in [2.24, 2.45) is 0 Å². The topological polar surface area (TPSA) is 86.8 Å². The third kappa shape index (κ3) is 9.13. The molecule has 0 radical (unpaired) electrons. The molecule has 198 valence electrons. The Morgan fingerprint density at radius 2 is 1.64 bits per heavy atom. The Morgan fingerprint density at radius 1 is 1.03 bits per heavy atom. The molecule has 36 heavy (non-hydrogen) atoms. The number of nitrogens with one attached hydrogen (secondary N) is 1. The van der Waals surface area contributed by atoms with E-state index in [1.165, 1.54) is 10.6 Å². The molecule has 1 unspecified atom stereocenters. The van der Waals surface area contributed by atoms with E-state index in [9.17, 15) is 18.0 Å². The van der Waals surface area contributed by atoms with E-state index in [0.29, 0.717) is 23.7 Å². The average molecular weight is 536 g/mol. The fourth-order valence-electron chi connectivity index (χ4n) is 4.00. The van der Waals surface area contributed by atoms with E-state index in [1.807, 2.05) is 51.1 Å². The molecule has 0 fully saturated rings. The summed E-state index contributed by atoms with van der Waals surface area (Å²) >= 11 is 6.00. The first-order valence-electron chi connectivity index (χ1n) is 12.3. The summed E-state index contributed by atoms with van der Waals surface area (Å²) in [5, 5.41) is 3.49. The van der Waals surface area contributed by atoms with E-state index in [-0.39, 0.29) is 31.3 Å². The summed E-state index contributed by atoms with van der Waals surface area (Å²) in [5.41, 5.74) is 3.37. The van der Waals surface area contributed by atoms with Crippen molar-refractivity contribution in [2.75, 3.05) is 23.7 Å². The van der Waals surface area contributed by atoms with Crippen LogP contribution in [0.3, 0.4) is 0 Å². The van der Waals surface area contributed by atoms with Gasteiger partial charge in [-0.25, -0.2) is 8.42 Å². The predicted molar refractivity (Wildman–Crippen MR) is 147 cm³/mol. The van der Waals surface area contributed by atoms with E-state index >= 15 is 0 Å².